The van der Waals surface area contributed by atoms with Crippen molar-refractivity contribution in [1.82, 2.24) is 5.32 Å². The van der Waals surface area contributed by atoms with Gasteiger partial charge in [0.15, 0.2) is 0 Å². The smallest absolute Gasteiger partial charge is 0.282 e. The molecule has 1 amide bonds. The molecule has 0 spiro atoms. The summed E-state index contributed by atoms with van der Waals surface area (Å²) in [6.45, 7) is 3.87. The molecule has 2 N–H and O–H groups in total. The van der Waals surface area contributed by atoms with Crippen molar-refractivity contribution < 1.29 is 19.2 Å². The number of benzene rings is 1. The molecule has 7 heteroatoms. The largest absolute Gasteiger partial charge is 0.396 e. The molecule has 0 aliphatic heterocycles. The lowest BCUT2D eigenvalue weighted by atomic mass is 9.89. The topological polar surface area (TPSA) is 92.5 Å². The minimum absolute atomic E-state index is 0.0248. The number of carbonyl (C=O) groups is 1. The summed E-state index contributed by atoms with van der Waals surface area (Å²) in [5, 5.41) is 22.2. The van der Waals surface area contributed by atoms with Gasteiger partial charge in [-0.1, -0.05) is 13.8 Å². The Hall–Kier alpha value is -2.02. The molecule has 0 saturated carbocycles. The molecule has 6 nitrogen and oxygen atoms in total. The zero-order valence-corrected chi connectivity index (χ0v) is 11.4. The van der Waals surface area contributed by atoms with Crippen LogP contribution in [0.4, 0.5) is 10.1 Å². The summed E-state index contributed by atoms with van der Waals surface area (Å²) < 4.78 is 13.1. The molecule has 0 aliphatic carbocycles. The standard InChI is InChI=1S/C13H17FN2O4/c1-13(2,5-6-17)8-15-12(18)10-7-9(14)3-4-11(10)16(19)20/h3-4,7,17H,5-6,8H2,1-2H3,(H,15,18). The highest BCUT2D eigenvalue weighted by Crippen LogP contribution is 2.21. The second kappa shape index (κ2) is 6.42. The number of nitro groups is 1. The Morgan fingerprint density at radius 1 is 1.50 bits per heavy atom. The fraction of sp³-hybridized carbons (Fsp3) is 0.462. The minimum atomic E-state index is -0.729. The Labute approximate surface area is 115 Å². The van der Waals surface area contributed by atoms with Crippen LogP contribution in [0.25, 0.3) is 0 Å². The third kappa shape index (κ3) is 4.27. The normalized spacial score (nSPS) is 11.2. The van der Waals surface area contributed by atoms with Crippen molar-refractivity contribution in [3.05, 3.63) is 39.7 Å². The van der Waals surface area contributed by atoms with Gasteiger partial charge < -0.3 is 10.4 Å². The van der Waals surface area contributed by atoms with Gasteiger partial charge in [-0.25, -0.2) is 4.39 Å². The number of hydrogen-bond donors (Lipinski definition) is 2. The minimum Gasteiger partial charge on any atom is -0.396 e. The fourth-order valence-corrected chi connectivity index (χ4v) is 1.66. The van der Waals surface area contributed by atoms with Gasteiger partial charge in [0.05, 0.1) is 4.92 Å². The van der Waals surface area contributed by atoms with E-state index in [0.717, 1.165) is 18.2 Å². The SMILES string of the molecule is CC(C)(CCO)CNC(=O)c1cc(F)ccc1[N+](=O)[O-]. The summed E-state index contributed by atoms with van der Waals surface area (Å²) >= 11 is 0. The van der Waals surface area contributed by atoms with Crippen LogP contribution in [0.1, 0.15) is 30.6 Å². The van der Waals surface area contributed by atoms with Crippen LogP contribution < -0.4 is 5.32 Å². The Kier molecular flexibility index (Phi) is 5.15. The van der Waals surface area contributed by atoms with Crippen molar-refractivity contribution in [2.24, 2.45) is 5.41 Å². The van der Waals surface area contributed by atoms with E-state index < -0.39 is 22.3 Å². The number of carbonyl (C=O) groups excluding carboxylic acids is 1. The van der Waals surface area contributed by atoms with Crippen molar-refractivity contribution in [2.75, 3.05) is 13.2 Å². The van der Waals surface area contributed by atoms with Crippen LogP contribution in [0.2, 0.25) is 0 Å². The van der Waals surface area contributed by atoms with E-state index in [1.807, 2.05) is 13.8 Å². The molecule has 1 aromatic rings. The summed E-state index contributed by atoms with van der Waals surface area (Å²) in [5.74, 6) is -1.42. The molecule has 1 aromatic carbocycles. The Morgan fingerprint density at radius 3 is 2.70 bits per heavy atom. The molecule has 0 bridgehead atoms. The molecule has 1 rings (SSSR count). The van der Waals surface area contributed by atoms with Crippen molar-refractivity contribution >= 4 is 11.6 Å². The first kappa shape index (κ1) is 16.0. The number of aliphatic hydroxyl groups excluding tert-OH is 1. The van der Waals surface area contributed by atoms with Gasteiger partial charge in [-0.05, 0) is 24.0 Å². The van der Waals surface area contributed by atoms with E-state index in [4.69, 9.17) is 5.11 Å². The molecule has 0 fully saturated rings. The number of aliphatic hydroxyl groups is 1. The highest BCUT2D eigenvalue weighted by molar-refractivity contribution is 5.98. The molecular weight excluding hydrogens is 267 g/mol. The molecule has 0 unspecified atom stereocenters. The number of nitrogens with zero attached hydrogens (tertiary/aromatic N) is 1. The Morgan fingerprint density at radius 2 is 2.15 bits per heavy atom. The van der Waals surface area contributed by atoms with Crippen molar-refractivity contribution in [3.63, 3.8) is 0 Å². The number of nitrogens with one attached hydrogen (secondary N) is 1. The molecule has 0 atom stereocenters. The molecule has 110 valence electrons. The predicted octanol–water partition coefficient (Wildman–Crippen LogP) is 1.87. The Bertz CT molecular complexity index is 517. The van der Waals surface area contributed by atoms with Crippen LogP contribution >= 0.6 is 0 Å². The van der Waals surface area contributed by atoms with Crippen LogP contribution in [0.15, 0.2) is 18.2 Å². The van der Waals surface area contributed by atoms with E-state index in [2.05, 4.69) is 5.32 Å². The average molecular weight is 284 g/mol. The van der Waals surface area contributed by atoms with Crippen LogP contribution in [0.5, 0.6) is 0 Å². The fourth-order valence-electron chi connectivity index (χ4n) is 1.66. The molecule has 20 heavy (non-hydrogen) atoms. The van der Waals surface area contributed by atoms with Gasteiger partial charge >= 0.3 is 0 Å². The van der Waals surface area contributed by atoms with Crippen molar-refractivity contribution in [3.8, 4) is 0 Å². The van der Waals surface area contributed by atoms with E-state index in [-0.39, 0.29) is 24.1 Å². The predicted molar refractivity (Wildman–Crippen MR) is 70.9 cm³/mol. The van der Waals surface area contributed by atoms with Gasteiger partial charge in [0.2, 0.25) is 0 Å². The van der Waals surface area contributed by atoms with E-state index in [9.17, 15) is 19.3 Å². The number of amides is 1. The first-order valence-electron chi connectivity index (χ1n) is 6.10. The number of hydrogen-bond acceptors (Lipinski definition) is 4. The van der Waals surface area contributed by atoms with Crippen molar-refractivity contribution in [2.45, 2.75) is 20.3 Å². The summed E-state index contributed by atoms with van der Waals surface area (Å²) in [5.41, 5.74) is -1.11. The monoisotopic (exact) mass is 284 g/mol. The summed E-state index contributed by atoms with van der Waals surface area (Å²) in [6, 6.07) is 2.74. The summed E-state index contributed by atoms with van der Waals surface area (Å²) in [7, 11) is 0. The van der Waals surface area contributed by atoms with Gasteiger partial charge in [0.25, 0.3) is 11.6 Å². The summed E-state index contributed by atoms with van der Waals surface area (Å²) in [4.78, 5) is 22.0. The van der Waals surface area contributed by atoms with E-state index in [1.54, 1.807) is 0 Å². The molecule has 0 aromatic heterocycles. The van der Waals surface area contributed by atoms with Gasteiger partial charge in [-0.15, -0.1) is 0 Å². The third-order valence-electron chi connectivity index (χ3n) is 2.92. The zero-order valence-electron chi connectivity index (χ0n) is 11.4. The molecule has 0 radical (unpaired) electrons. The van der Waals surface area contributed by atoms with Gasteiger partial charge in [-0.2, -0.15) is 0 Å². The molecule has 0 heterocycles. The van der Waals surface area contributed by atoms with Gasteiger partial charge in [0, 0.05) is 19.2 Å². The van der Waals surface area contributed by atoms with E-state index in [1.165, 1.54) is 0 Å². The first-order chi connectivity index (χ1) is 9.26. The highest BCUT2D eigenvalue weighted by atomic mass is 19.1. The maximum Gasteiger partial charge on any atom is 0.282 e. The Balaban J connectivity index is 2.87. The van der Waals surface area contributed by atoms with Crippen LogP contribution in [0.3, 0.4) is 0 Å². The van der Waals surface area contributed by atoms with E-state index in [0.29, 0.717) is 6.42 Å². The number of halogens is 1. The zero-order chi connectivity index (χ0) is 15.3. The number of rotatable bonds is 6. The van der Waals surface area contributed by atoms with Gasteiger partial charge in [-0.3, -0.25) is 14.9 Å². The quantitative estimate of drug-likeness (QED) is 0.616. The molecule has 0 saturated heterocycles. The highest BCUT2D eigenvalue weighted by Gasteiger charge is 2.23. The molecular formula is C13H17FN2O4. The van der Waals surface area contributed by atoms with Crippen LogP contribution in [-0.4, -0.2) is 29.1 Å². The maximum absolute atomic E-state index is 13.1. The van der Waals surface area contributed by atoms with Crippen molar-refractivity contribution in [1.29, 1.82) is 0 Å². The lowest BCUT2D eigenvalue weighted by Crippen LogP contribution is -2.34. The van der Waals surface area contributed by atoms with E-state index >= 15 is 0 Å². The lowest BCUT2D eigenvalue weighted by Gasteiger charge is -2.23. The second-order valence-corrected chi connectivity index (χ2v) is 5.24. The lowest BCUT2D eigenvalue weighted by molar-refractivity contribution is -0.385. The number of nitro benzene ring substituents is 1. The third-order valence-corrected chi connectivity index (χ3v) is 2.92. The van der Waals surface area contributed by atoms with Crippen LogP contribution in [-0.2, 0) is 0 Å². The average Bonchev–Trinajstić information content (AvgIpc) is 2.35. The van der Waals surface area contributed by atoms with Crippen LogP contribution in [0, 0.1) is 21.3 Å². The first-order valence-corrected chi connectivity index (χ1v) is 6.10. The maximum atomic E-state index is 13.1. The molecule has 0 aliphatic rings. The summed E-state index contributed by atoms with van der Waals surface area (Å²) in [6.07, 6.45) is 0.471. The van der Waals surface area contributed by atoms with Gasteiger partial charge in [0.1, 0.15) is 11.4 Å². The second-order valence-electron chi connectivity index (χ2n) is 5.24.